The minimum atomic E-state index is -0.428. The largest absolute Gasteiger partial charge is 0.309 e. The minimum Gasteiger partial charge on any atom is -0.309 e. The zero-order valence-electron chi connectivity index (χ0n) is 34.3. The molecule has 0 N–H and O–H groups in total. The fraction of sp³-hybridized carbons (Fsp3) is 0.0667. The summed E-state index contributed by atoms with van der Waals surface area (Å²) in [7, 11) is 0. The Morgan fingerprint density at radius 2 is 0.852 bits per heavy atom. The van der Waals surface area contributed by atoms with E-state index in [0.717, 1.165) is 17.1 Å². The molecular weight excluding hydrogens is 735 g/mol. The van der Waals surface area contributed by atoms with Gasteiger partial charge < -0.3 is 4.90 Å². The van der Waals surface area contributed by atoms with Crippen molar-refractivity contribution in [3.05, 3.63) is 258 Å². The van der Waals surface area contributed by atoms with Gasteiger partial charge in [-0.2, -0.15) is 0 Å². The van der Waals surface area contributed by atoms with Crippen molar-refractivity contribution in [1.82, 2.24) is 0 Å². The standard InChI is InChI=1S/C60H43N/c1-59(2)53-28-14-15-29-55(53)60(51-26-12-10-23-48(51)49-24-11-13-27-52(49)60)56-39-43(33-37-54(56)59)40-31-34-44(35-32-40)61(57-30-16-20-42-19-6-7-21-46(42)57)58-38-36-45(41-17-4-3-5-18-41)47-22-8-9-25-50(47)58/h3-39H,1-2H3. The Labute approximate surface area is 357 Å². The quantitative estimate of drug-likeness (QED) is 0.168. The maximum Gasteiger partial charge on any atom is 0.0719 e. The van der Waals surface area contributed by atoms with Crippen molar-refractivity contribution in [2.45, 2.75) is 24.7 Å². The van der Waals surface area contributed by atoms with Gasteiger partial charge in [-0.25, -0.2) is 0 Å². The van der Waals surface area contributed by atoms with Crippen LogP contribution in [0.25, 0.3) is 54.9 Å². The summed E-state index contributed by atoms with van der Waals surface area (Å²) >= 11 is 0. The lowest BCUT2D eigenvalue weighted by atomic mass is 9.55. The predicted octanol–water partition coefficient (Wildman–Crippen LogP) is 15.8. The summed E-state index contributed by atoms with van der Waals surface area (Å²) in [5.74, 6) is 0. The van der Waals surface area contributed by atoms with Crippen LogP contribution in [0.5, 0.6) is 0 Å². The summed E-state index contributed by atoms with van der Waals surface area (Å²) in [5.41, 5.74) is 18.6. The first-order chi connectivity index (χ1) is 30.0. The third-order valence-electron chi connectivity index (χ3n) is 13.7. The van der Waals surface area contributed by atoms with Crippen molar-refractivity contribution in [2.75, 3.05) is 4.90 Å². The average molecular weight is 778 g/mol. The first kappa shape index (κ1) is 35.5. The van der Waals surface area contributed by atoms with Gasteiger partial charge in [-0.1, -0.05) is 208 Å². The van der Waals surface area contributed by atoms with Crippen LogP contribution < -0.4 is 4.90 Å². The van der Waals surface area contributed by atoms with E-state index in [2.05, 4.69) is 243 Å². The van der Waals surface area contributed by atoms with Gasteiger partial charge in [-0.15, -0.1) is 0 Å². The van der Waals surface area contributed by atoms with Gasteiger partial charge in [-0.3, -0.25) is 0 Å². The van der Waals surface area contributed by atoms with Gasteiger partial charge in [0.15, 0.2) is 0 Å². The summed E-state index contributed by atoms with van der Waals surface area (Å²) in [6, 6.07) is 83.5. The molecule has 0 amide bonds. The van der Waals surface area contributed by atoms with Crippen LogP contribution in [-0.2, 0) is 10.8 Å². The zero-order valence-corrected chi connectivity index (χ0v) is 34.3. The number of fused-ring (bicyclic) bond motifs is 11. The molecular formula is C60H43N. The molecule has 288 valence electrons. The van der Waals surface area contributed by atoms with Crippen molar-refractivity contribution >= 4 is 38.6 Å². The second-order valence-corrected chi connectivity index (χ2v) is 17.2. The number of anilines is 3. The van der Waals surface area contributed by atoms with Crippen molar-refractivity contribution < 1.29 is 0 Å². The van der Waals surface area contributed by atoms with Crippen LogP contribution in [0.4, 0.5) is 17.1 Å². The number of nitrogens with zero attached hydrogens (tertiary/aromatic N) is 1. The number of hydrogen-bond acceptors (Lipinski definition) is 1. The highest BCUT2D eigenvalue weighted by Gasteiger charge is 2.53. The van der Waals surface area contributed by atoms with Crippen LogP contribution in [0.3, 0.4) is 0 Å². The van der Waals surface area contributed by atoms with Gasteiger partial charge >= 0.3 is 0 Å². The highest BCUT2D eigenvalue weighted by molar-refractivity contribution is 6.09. The van der Waals surface area contributed by atoms with Gasteiger partial charge in [0.2, 0.25) is 0 Å². The summed E-state index contributed by atoms with van der Waals surface area (Å²) in [4.78, 5) is 2.46. The van der Waals surface area contributed by atoms with E-state index in [1.807, 2.05) is 0 Å². The lowest BCUT2D eigenvalue weighted by Gasteiger charge is -2.46. The van der Waals surface area contributed by atoms with Gasteiger partial charge in [0.1, 0.15) is 0 Å². The Morgan fingerprint density at radius 1 is 0.311 bits per heavy atom. The lowest BCUT2D eigenvalue weighted by Crippen LogP contribution is -2.40. The topological polar surface area (TPSA) is 3.24 Å². The highest BCUT2D eigenvalue weighted by Crippen LogP contribution is 2.62. The molecule has 0 aliphatic heterocycles. The van der Waals surface area contributed by atoms with Crippen LogP contribution in [0.15, 0.2) is 224 Å². The molecule has 0 unspecified atom stereocenters. The Morgan fingerprint density at radius 3 is 1.59 bits per heavy atom. The summed E-state index contributed by atoms with van der Waals surface area (Å²) in [5, 5.41) is 4.87. The molecule has 1 heteroatoms. The third-order valence-corrected chi connectivity index (χ3v) is 13.7. The molecule has 1 spiro atoms. The fourth-order valence-electron chi connectivity index (χ4n) is 11.0. The molecule has 1 nitrogen and oxygen atoms in total. The van der Waals surface area contributed by atoms with Crippen molar-refractivity contribution in [3.8, 4) is 33.4 Å². The second kappa shape index (κ2) is 13.5. The lowest BCUT2D eigenvalue weighted by molar-refractivity contribution is 0.563. The van der Waals surface area contributed by atoms with E-state index in [9.17, 15) is 0 Å². The molecule has 0 saturated carbocycles. The fourth-order valence-corrected chi connectivity index (χ4v) is 11.0. The number of rotatable bonds is 5. The summed E-state index contributed by atoms with van der Waals surface area (Å²) in [6.07, 6.45) is 0. The molecule has 0 fully saturated rings. The van der Waals surface area contributed by atoms with Crippen LogP contribution in [0.2, 0.25) is 0 Å². The molecule has 0 bridgehead atoms. The molecule has 2 aliphatic carbocycles. The zero-order chi connectivity index (χ0) is 40.7. The Hall–Kier alpha value is -7.48. The average Bonchev–Trinajstić information content (AvgIpc) is 3.62. The molecule has 0 heterocycles. The Bertz CT molecular complexity index is 3290. The molecule has 2 aliphatic rings. The van der Waals surface area contributed by atoms with E-state index in [-0.39, 0.29) is 5.41 Å². The van der Waals surface area contributed by atoms with Gasteiger partial charge in [0.25, 0.3) is 0 Å². The number of hydrogen-bond donors (Lipinski definition) is 0. The molecule has 10 aromatic rings. The van der Waals surface area contributed by atoms with E-state index in [1.165, 1.54) is 88.3 Å². The predicted molar refractivity (Wildman–Crippen MR) is 256 cm³/mol. The monoisotopic (exact) mass is 777 g/mol. The third kappa shape index (κ3) is 5.14. The number of benzene rings is 10. The highest BCUT2D eigenvalue weighted by atomic mass is 15.1. The molecule has 0 aromatic heterocycles. The van der Waals surface area contributed by atoms with E-state index in [0.29, 0.717) is 0 Å². The van der Waals surface area contributed by atoms with E-state index in [1.54, 1.807) is 0 Å². The van der Waals surface area contributed by atoms with E-state index in [4.69, 9.17) is 0 Å². The Kier molecular flexibility index (Phi) is 7.86. The SMILES string of the molecule is CC1(C)c2ccccc2C2(c3ccccc3-c3ccccc32)c2cc(-c3ccc(N(c4cccc5ccccc45)c4ccc(-c5ccccc5)c5ccccc45)cc3)ccc21. The summed E-state index contributed by atoms with van der Waals surface area (Å²) < 4.78 is 0. The molecule has 0 saturated heterocycles. The first-order valence-electron chi connectivity index (χ1n) is 21.4. The maximum absolute atomic E-state index is 2.51. The van der Waals surface area contributed by atoms with Gasteiger partial charge in [0.05, 0.1) is 16.8 Å². The molecule has 0 atom stereocenters. The second-order valence-electron chi connectivity index (χ2n) is 17.2. The first-order valence-corrected chi connectivity index (χ1v) is 21.4. The minimum absolute atomic E-state index is 0.177. The van der Waals surface area contributed by atoms with Crippen LogP contribution >= 0.6 is 0 Å². The molecule has 10 aromatic carbocycles. The van der Waals surface area contributed by atoms with E-state index < -0.39 is 5.41 Å². The Balaban J connectivity index is 1.05. The summed E-state index contributed by atoms with van der Waals surface area (Å²) in [6.45, 7) is 4.80. The molecule has 61 heavy (non-hydrogen) atoms. The van der Waals surface area contributed by atoms with E-state index >= 15 is 0 Å². The van der Waals surface area contributed by atoms with Crippen molar-refractivity contribution in [1.29, 1.82) is 0 Å². The normalized spacial score (nSPS) is 14.0. The van der Waals surface area contributed by atoms with Gasteiger partial charge in [-0.05, 0) is 108 Å². The van der Waals surface area contributed by atoms with Crippen molar-refractivity contribution in [3.63, 3.8) is 0 Å². The molecule has 12 rings (SSSR count). The van der Waals surface area contributed by atoms with Crippen molar-refractivity contribution in [2.24, 2.45) is 0 Å². The van der Waals surface area contributed by atoms with Crippen LogP contribution in [0, 0.1) is 0 Å². The smallest absolute Gasteiger partial charge is 0.0719 e. The van der Waals surface area contributed by atoms with Gasteiger partial charge in [0, 0.05) is 21.9 Å². The molecule has 0 radical (unpaired) electrons. The van der Waals surface area contributed by atoms with Crippen LogP contribution in [-0.4, -0.2) is 0 Å². The van der Waals surface area contributed by atoms with Crippen LogP contribution in [0.1, 0.15) is 47.2 Å². The maximum atomic E-state index is 2.51.